The van der Waals surface area contributed by atoms with E-state index in [-0.39, 0.29) is 29.2 Å². The molecule has 0 unspecified atom stereocenters. The predicted molar refractivity (Wildman–Crippen MR) is 97.9 cm³/mol. The van der Waals surface area contributed by atoms with Gasteiger partial charge in [0.05, 0.1) is 12.1 Å². The molecule has 1 atom stereocenters. The van der Waals surface area contributed by atoms with Crippen molar-refractivity contribution in [2.75, 3.05) is 13.1 Å². The summed E-state index contributed by atoms with van der Waals surface area (Å²) >= 11 is 0. The number of nitrogens with zero attached hydrogens (tertiary/aromatic N) is 1. The highest BCUT2D eigenvalue weighted by Crippen LogP contribution is 2.29. The van der Waals surface area contributed by atoms with Crippen LogP contribution >= 0.6 is 0 Å². The summed E-state index contributed by atoms with van der Waals surface area (Å²) in [6.45, 7) is 1.81. The number of carbonyl (C=O) groups excluding carboxylic acids is 1. The summed E-state index contributed by atoms with van der Waals surface area (Å²) in [4.78, 5) is 29.8. The van der Waals surface area contributed by atoms with E-state index < -0.39 is 0 Å². The lowest BCUT2D eigenvalue weighted by atomic mass is 9.87. The highest BCUT2D eigenvalue weighted by molar-refractivity contribution is 5.94. The number of rotatable bonds is 4. The molecule has 6 nitrogen and oxygen atoms in total. The minimum absolute atomic E-state index is 0.0471. The van der Waals surface area contributed by atoms with Gasteiger partial charge in [-0.3, -0.25) is 14.5 Å². The van der Waals surface area contributed by atoms with Crippen molar-refractivity contribution in [1.29, 1.82) is 0 Å². The van der Waals surface area contributed by atoms with E-state index in [2.05, 4.69) is 16.4 Å². The lowest BCUT2D eigenvalue weighted by Crippen LogP contribution is -2.50. The Kier molecular flexibility index (Phi) is 4.61. The van der Waals surface area contributed by atoms with Gasteiger partial charge in [-0.25, -0.2) is 0 Å². The second-order valence-electron chi connectivity index (χ2n) is 7.19. The maximum atomic E-state index is 12.6. The minimum atomic E-state index is -0.370. The molecule has 1 aromatic heterocycles. The summed E-state index contributed by atoms with van der Waals surface area (Å²) in [6.07, 6.45) is 2.67. The van der Waals surface area contributed by atoms with E-state index in [1.54, 1.807) is 12.1 Å². The predicted octanol–water partition coefficient (Wildman–Crippen LogP) is 1.36. The third-order valence-electron chi connectivity index (χ3n) is 5.22. The summed E-state index contributed by atoms with van der Waals surface area (Å²) in [7, 11) is 0. The van der Waals surface area contributed by atoms with Gasteiger partial charge in [-0.1, -0.05) is 24.3 Å². The van der Waals surface area contributed by atoms with Crippen LogP contribution in [0.15, 0.2) is 41.2 Å². The first-order valence-electron chi connectivity index (χ1n) is 9.11. The Bertz CT molecular complexity index is 871. The van der Waals surface area contributed by atoms with Crippen LogP contribution in [0.4, 0.5) is 0 Å². The number of aryl methyl sites for hydroxylation is 1. The fraction of sp³-hybridized carbons (Fsp3) is 0.400. The number of aliphatic hydroxyl groups excluding tert-OH is 1. The van der Waals surface area contributed by atoms with E-state index in [4.69, 9.17) is 0 Å². The van der Waals surface area contributed by atoms with Crippen molar-refractivity contribution >= 4 is 5.91 Å². The lowest BCUT2D eigenvalue weighted by molar-refractivity contribution is -0.00356. The van der Waals surface area contributed by atoms with Crippen molar-refractivity contribution in [2.45, 2.75) is 38.0 Å². The molecule has 1 saturated heterocycles. The van der Waals surface area contributed by atoms with Crippen LogP contribution in [0.5, 0.6) is 0 Å². The number of aromatic amines is 1. The summed E-state index contributed by atoms with van der Waals surface area (Å²) in [5.41, 5.74) is 2.94. The molecule has 6 heteroatoms. The topological polar surface area (TPSA) is 85.4 Å². The van der Waals surface area contributed by atoms with Crippen molar-refractivity contribution in [3.05, 3.63) is 69.1 Å². The van der Waals surface area contributed by atoms with E-state index in [0.29, 0.717) is 19.6 Å². The van der Waals surface area contributed by atoms with Crippen LogP contribution in [0.1, 0.15) is 46.1 Å². The number of H-pyrrole nitrogens is 1. The Morgan fingerprint density at radius 2 is 2.04 bits per heavy atom. The molecule has 0 radical (unpaired) electrons. The van der Waals surface area contributed by atoms with Gasteiger partial charge in [0, 0.05) is 25.3 Å². The van der Waals surface area contributed by atoms with Crippen LogP contribution in [-0.2, 0) is 13.0 Å². The molecular formula is C20H23N3O3. The average Bonchev–Trinajstić information content (AvgIpc) is 2.61. The summed E-state index contributed by atoms with van der Waals surface area (Å²) in [5.74, 6) is -0.334. The van der Waals surface area contributed by atoms with Gasteiger partial charge in [-0.05, 0) is 42.5 Å². The Hall–Kier alpha value is -2.44. The number of β-amino-alcohol motifs (C(OH)–C–C–N with tert-alkyl or cyclic N) is 1. The molecule has 0 spiro atoms. The highest BCUT2D eigenvalue weighted by Gasteiger charge is 2.25. The molecule has 1 amide bonds. The molecule has 2 heterocycles. The zero-order chi connectivity index (χ0) is 18.1. The van der Waals surface area contributed by atoms with Crippen molar-refractivity contribution in [3.63, 3.8) is 0 Å². The fourth-order valence-electron chi connectivity index (χ4n) is 3.84. The standard InChI is InChI=1S/C20H23N3O3/c24-15-11-23(12-15)10-14-8-9-17(19(25)21-14)20(26)22-18-7-3-5-13-4-1-2-6-16(13)18/h1-2,4,6,8-9,15,18,24H,3,5,7,10-12H2,(H,21,25)(H,22,26)/t18-/m0/s1. The molecule has 26 heavy (non-hydrogen) atoms. The molecule has 3 N–H and O–H groups in total. The normalized spacial score (nSPS) is 20.3. The van der Waals surface area contributed by atoms with Gasteiger partial charge in [-0.15, -0.1) is 0 Å². The third-order valence-corrected chi connectivity index (χ3v) is 5.22. The van der Waals surface area contributed by atoms with Gasteiger partial charge in [0.15, 0.2) is 0 Å². The molecule has 1 fully saturated rings. The van der Waals surface area contributed by atoms with E-state index in [0.717, 1.165) is 30.5 Å². The van der Waals surface area contributed by atoms with Gasteiger partial charge >= 0.3 is 0 Å². The highest BCUT2D eigenvalue weighted by atomic mass is 16.3. The number of hydrogen-bond acceptors (Lipinski definition) is 4. The van der Waals surface area contributed by atoms with E-state index in [9.17, 15) is 14.7 Å². The number of pyridine rings is 1. The summed E-state index contributed by atoms with van der Waals surface area (Å²) < 4.78 is 0. The number of nitrogens with one attached hydrogen (secondary N) is 2. The fourth-order valence-corrected chi connectivity index (χ4v) is 3.84. The molecule has 136 valence electrons. The van der Waals surface area contributed by atoms with Crippen LogP contribution < -0.4 is 10.9 Å². The van der Waals surface area contributed by atoms with Gasteiger partial charge in [0.2, 0.25) is 0 Å². The van der Waals surface area contributed by atoms with E-state index in [1.807, 2.05) is 23.1 Å². The van der Waals surface area contributed by atoms with Crippen molar-refractivity contribution in [1.82, 2.24) is 15.2 Å². The number of aromatic nitrogens is 1. The van der Waals surface area contributed by atoms with E-state index >= 15 is 0 Å². The Morgan fingerprint density at radius 3 is 2.81 bits per heavy atom. The van der Waals surface area contributed by atoms with Crippen molar-refractivity contribution in [2.24, 2.45) is 0 Å². The molecule has 2 aromatic rings. The molecular weight excluding hydrogens is 330 g/mol. The molecule has 0 bridgehead atoms. The van der Waals surface area contributed by atoms with Crippen LogP contribution in [0.25, 0.3) is 0 Å². The Labute approximate surface area is 151 Å². The summed E-state index contributed by atoms with van der Waals surface area (Å²) in [6, 6.07) is 11.5. The molecule has 1 aliphatic heterocycles. The zero-order valence-electron chi connectivity index (χ0n) is 14.6. The van der Waals surface area contributed by atoms with Crippen LogP contribution in [-0.4, -0.2) is 40.1 Å². The van der Waals surface area contributed by atoms with Crippen molar-refractivity contribution in [3.8, 4) is 0 Å². The smallest absolute Gasteiger partial charge is 0.261 e. The Morgan fingerprint density at radius 1 is 1.23 bits per heavy atom. The lowest BCUT2D eigenvalue weighted by Gasteiger charge is -2.35. The van der Waals surface area contributed by atoms with Crippen LogP contribution in [0.3, 0.4) is 0 Å². The van der Waals surface area contributed by atoms with Gasteiger partial charge in [0.1, 0.15) is 5.56 Å². The second-order valence-corrected chi connectivity index (χ2v) is 7.19. The van der Waals surface area contributed by atoms with Crippen LogP contribution in [0.2, 0.25) is 0 Å². The first-order chi connectivity index (χ1) is 12.6. The zero-order valence-corrected chi connectivity index (χ0v) is 14.6. The minimum Gasteiger partial charge on any atom is -0.390 e. The number of amides is 1. The van der Waals surface area contributed by atoms with Gasteiger partial charge in [-0.2, -0.15) is 0 Å². The Balaban J connectivity index is 1.46. The molecule has 1 aromatic carbocycles. The molecule has 2 aliphatic rings. The number of likely N-dealkylation sites (tertiary alicyclic amines) is 1. The number of hydrogen-bond donors (Lipinski definition) is 3. The molecule has 1 aliphatic carbocycles. The number of benzene rings is 1. The maximum Gasteiger partial charge on any atom is 0.261 e. The number of aliphatic hydroxyl groups is 1. The molecule has 4 rings (SSSR count). The van der Waals surface area contributed by atoms with Gasteiger partial charge < -0.3 is 15.4 Å². The monoisotopic (exact) mass is 353 g/mol. The number of fused-ring (bicyclic) bond motifs is 1. The number of carbonyl (C=O) groups is 1. The van der Waals surface area contributed by atoms with E-state index in [1.165, 1.54) is 5.56 Å². The summed E-state index contributed by atoms with van der Waals surface area (Å²) in [5, 5.41) is 12.3. The van der Waals surface area contributed by atoms with Crippen LogP contribution in [0, 0.1) is 0 Å². The SMILES string of the molecule is O=C(N[C@H]1CCCc2ccccc21)c1ccc(CN2CC(O)C2)[nH]c1=O. The largest absolute Gasteiger partial charge is 0.390 e. The second kappa shape index (κ2) is 7.05. The van der Waals surface area contributed by atoms with Gasteiger partial charge in [0.25, 0.3) is 11.5 Å². The first kappa shape index (κ1) is 17.0. The molecule has 0 saturated carbocycles. The maximum absolute atomic E-state index is 12.6. The average molecular weight is 353 g/mol. The third kappa shape index (κ3) is 3.43. The first-order valence-corrected chi connectivity index (χ1v) is 9.11. The van der Waals surface area contributed by atoms with Crippen molar-refractivity contribution < 1.29 is 9.90 Å². The quantitative estimate of drug-likeness (QED) is 0.775.